The van der Waals surface area contributed by atoms with Crippen LogP contribution in [0.2, 0.25) is 0 Å². The van der Waals surface area contributed by atoms with Crippen LogP contribution in [0.3, 0.4) is 0 Å². The van der Waals surface area contributed by atoms with Gasteiger partial charge in [-0.1, -0.05) is 17.2 Å². The van der Waals surface area contributed by atoms with Crippen LogP contribution < -0.4 is 10.5 Å². The average Bonchev–Trinajstić information content (AvgIpc) is 2.35. The molecule has 0 amide bonds. The molecule has 0 aliphatic carbocycles. The molecule has 1 aromatic carbocycles. The number of benzene rings is 1. The fourth-order valence-electron chi connectivity index (χ4n) is 1.28. The van der Waals surface area contributed by atoms with Gasteiger partial charge in [0.1, 0.15) is 5.75 Å². The molecule has 1 aromatic heterocycles. The van der Waals surface area contributed by atoms with Crippen molar-refractivity contribution in [3.63, 3.8) is 0 Å². The quantitative estimate of drug-likeness (QED) is 0.869. The summed E-state index contributed by atoms with van der Waals surface area (Å²) in [6.07, 6.45) is 0. The normalized spacial score (nSPS) is 10.3. The number of nitrogens with two attached hydrogens (primary N) is 1. The highest BCUT2D eigenvalue weighted by Crippen LogP contribution is 2.18. The van der Waals surface area contributed by atoms with Gasteiger partial charge in [0.05, 0.1) is 11.4 Å². The third-order valence-electron chi connectivity index (χ3n) is 2.44. The minimum absolute atomic E-state index is 0.258. The van der Waals surface area contributed by atoms with Crippen molar-refractivity contribution in [2.24, 2.45) is 5.73 Å². The zero-order chi connectivity index (χ0) is 12.3. The molecular formula is C12H14N4O. The number of hydrogen-bond donors (Lipinski definition) is 1. The van der Waals surface area contributed by atoms with E-state index in [1.807, 2.05) is 38.1 Å². The van der Waals surface area contributed by atoms with Crippen molar-refractivity contribution in [1.82, 2.24) is 15.2 Å². The van der Waals surface area contributed by atoms with Gasteiger partial charge in [-0.05, 0) is 31.5 Å². The molecule has 0 spiro atoms. The van der Waals surface area contributed by atoms with Gasteiger partial charge >= 0.3 is 6.01 Å². The Morgan fingerprint density at radius 3 is 2.35 bits per heavy atom. The Labute approximate surface area is 99.7 Å². The molecule has 0 unspecified atom stereocenters. The SMILES string of the molecule is Cc1nnc(Oc2ccc(CN)cc2)nc1C. The lowest BCUT2D eigenvalue weighted by molar-refractivity contribution is 0.430. The second-order valence-electron chi connectivity index (χ2n) is 3.72. The average molecular weight is 230 g/mol. The fraction of sp³-hybridized carbons (Fsp3) is 0.250. The highest BCUT2D eigenvalue weighted by Gasteiger charge is 2.03. The lowest BCUT2D eigenvalue weighted by Gasteiger charge is -2.05. The van der Waals surface area contributed by atoms with Gasteiger partial charge in [-0.25, -0.2) is 0 Å². The number of aromatic nitrogens is 3. The van der Waals surface area contributed by atoms with Gasteiger partial charge in [-0.3, -0.25) is 0 Å². The maximum absolute atomic E-state index is 5.51. The predicted octanol–water partition coefficient (Wildman–Crippen LogP) is 1.74. The Morgan fingerprint density at radius 1 is 1.06 bits per heavy atom. The summed E-state index contributed by atoms with van der Waals surface area (Å²) in [7, 11) is 0. The summed E-state index contributed by atoms with van der Waals surface area (Å²) in [5.41, 5.74) is 8.18. The molecule has 88 valence electrons. The molecule has 17 heavy (non-hydrogen) atoms. The monoisotopic (exact) mass is 230 g/mol. The van der Waals surface area contributed by atoms with Crippen LogP contribution >= 0.6 is 0 Å². The first-order valence-electron chi connectivity index (χ1n) is 5.34. The van der Waals surface area contributed by atoms with Crippen LogP contribution in [0.5, 0.6) is 11.8 Å². The second-order valence-corrected chi connectivity index (χ2v) is 3.72. The van der Waals surface area contributed by atoms with Crippen LogP contribution in [-0.2, 0) is 6.54 Å². The summed E-state index contributed by atoms with van der Waals surface area (Å²) in [6.45, 7) is 4.24. The maximum Gasteiger partial charge on any atom is 0.341 e. The van der Waals surface area contributed by atoms with Crippen LogP contribution in [0.25, 0.3) is 0 Å². The first-order valence-corrected chi connectivity index (χ1v) is 5.34. The Morgan fingerprint density at radius 2 is 1.76 bits per heavy atom. The Balaban J connectivity index is 2.16. The fourth-order valence-corrected chi connectivity index (χ4v) is 1.28. The van der Waals surface area contributed by atoms with E-state index in [1.165, 1.54) is 0 Å². The molecular weight excluding hydrogens is 216 g/mol. The van der Waals surface area contributed by atoms with E-state index >= 15 is 0 Å². The molecule has 0 saturated heterocycles. The summed E-state index contributed by atoms with van der Waals surface area (Å²) in [5, 5.41) is 7.82. The van der Waals surface area contributed by atoms with Crippen LogP contribution in [0.4, 0.5) is 0 Å². The van der Waals surface area contributed by atoms with Crippen molar-refractivity contribution in [3.05, 3.63) is 41.2 Å². The Bertz CT molecular complexity index is 510. The van der Waals surface area contributed by atoms with E-state index in [2.05, 4.69) is 15.2 Å². The standard InChI is InChI=1S/C12H14N4O/c1-8-9(2)15-16-12(14-8)17-11-5-3-10(7-13)4-6-11/h3-6H,7,13H2,1-2H3. The van der Waals surface area contributed by atoms with Crippen molar-refractivity contribution in [2.75, 3.05) is 0 Å². The molecule has 0 bridgehead atoms. The van der Waals surface area contributed by atoms with Crippen molar-refractivity contribution in [2.45, 2.75) is 20.4 Å². The largest absolute Gasteiger partial charge is 0.423 e. The van der Waals surface area contributed by atoms with E-state index < -0.39 is 0 Å². The molecule has 5 heteroatoms. The molecule has 2 aromatic rings. The molecule has 0 fully saturated rings. The molecule has 0 aliphatic heterocycles. The molecule has 0 saturated carbocycles. The van der Waals surface area contributed by atoms with Crippen LogP contribution in [-0.4, -0.2) is 15.2 Å². The molecule has 0 atom stereocenters. The van der Waals surface area contributed by atoms with E-state index in [0.29, 0.717) is 12.3 Å². The number of ether oxygens (including phenoxy) is 1. The third-order valence-corrected chi connectivity index (χ3v) is 2.44. The lowest BCUT2D eigenvalue weighted by Crippen LogP contribution is -2.00. The van der Waals surface area contributed by atoms with E-state index in [9.17, 15) is 0 Å². The maximum atomic E-state index is 5.51. The van der Waals surface area contributed by atoms with E-state index in [0.717, 1.165) is 17.0 Å². The third kappa shape index (κ3) is 2.76. The molecule has 0 aliphatic rings. The molecule has 0 radical (unpaired) electrons. The van der Waals surface area contributed by atoms with Gasteiger partial charge in [0.25, 0.3) is 0 Å². The molecule has 5 nitrogen and oxygen atoms in total. The van der Waals surface area contributed by atoms with E-state index in [4.69, 9.17) is 10.5 Å². The minimum Gasteiger partial charge on any atom is -0.423 e. The smallest absolute Gasteiger partial charge is 0.341 e. The number of rotatable bonds is 3. The first-order chi connectivity index (χ1) is 8.19. The van der Waals surface area contributed by atoms with Gasteiger partial charge in [0.2, 0.25) is 0 Å². The summed E-state index contributed by atoms with van der Waals surface area (Å²) in [4.78, 5) is 4.19. The van der Waals surface area contributed by atoms with Crippen LogP contribution in [0, 0.1) is 13.8 Å². The van der Waals surface area contributed by atoms with Crippen LogP contribution in [0.15, 0.2) is 24.3 Å². The Hall–Kier alpha value is -2.01. The van der Waals surface area contributed by atoms with Gasteiger partial charge in [-0.15, -0.1) is 5.10 Å². The van der Waals surface area contributed by atoms with Gasteiger partial charge < -0.3 is 10.5 Å². The zero-order valence-corrected chi connectivity index (χ0v) is 9.84. The molecule has 2 rings (SSSR count). The van der Waals surface area contributed by atoms with Crippen molar-refractivity contribution in [1.29, 1.82) is 0 Å². The number of aryl methyl sites for hydroxylation is 2. The Kier molecular flexibility index (Phi) is 3.30. The summed E-state index contributed by atoms with van der Waals surface area (Å²) in [6, 6.07) is 7.74. The highest BCUT2D eigenvalue weighted by atomic mass is 16.5. The lowest BCUT2D eigenvalue weighted by atomic mass is 10.2. The summed E-state index contributed by atoms with van der Waals surface area (Å²) < 4.78 is 5.49. The highest BCUT2D eigenvalue weighted by molar-refractivity contribution is 5.29. The van der Waals surface area contributed by atoms with Gasteiger partial charge in [0, 0.05) is 6.54 Å². The van der Waals surface area contributed by atoms with Crippen molar-refractivity contribution in [3.8, 4) is 11.8 Å². The predicted molar refractivity (Wildman–Crippen MR) is 63.7 cm³/mol. The molecule has 1 heterocycles. The summed E-state index contributed by atoms with van der Waals surface area (Å²) in [5.74, 6) is 0.673. The van der Waals surface area contributed by atoms with Crippen molar-refractivity contribution < 1.29 is 4.74 Å². The number of nitrogens with zero attached hydrogens (tertiary/aromatic N) is 3. The topological polar surface area (TPSA) is 73.9 Å². The van der Waals surface area contributed by atoms with Crippen molar-refractivity contribution >= 4 is 0 Å². The van der Waals surface area contributed by atoms with Gasteiger partial charge in [0.15, 0.2) is 0 Å². The van der Waals surface area contributed by atoms with E-state index in [1.54, 1.807) is 0 Å². The zero-order valence-electron chi connectivity index (χ0n) is 9.84. The first kappa shape index (κ1) is 11.5. The van der Waals surface area contributed by atoms with Crippen LogP contribution in [0.1, 0.15) is 17.0 Å². The van der Waals surface area contributed by atoms with Gasteiger partial charge in [-0.2, -0.15) is 4.98 Å². The van der Waals surface area contributed by atoms with E-state index in [-0.39, 0.29) is 6.01 Å². The number of hydrogen-bond acceptors (Lipinski definition) is 5. The molecule has 2 N–H and O–H groups in total. The summed E-state index contributed by atoms with van der Waals surface area (Å²) >= 11 is 0. The second kappa shape index (κ2) is 4.88. The minimum atomic E-state index is 0.258.